The van der Waals surface area contributed by atoms with E-state index in [0.717, 1.165) is 11.3 Å². The molecule has 0 radical (unpaired) electrons. The fourth-order valence-electron chi connectivity index (χ4n) is 1.02. The third-order valence-electron chi connectivity index (χ3n) is 1.73. The molecule has 0 saturated heterocycles. The van der Waals surface area contributed by atoms with Crippen molar-refractivity contribution < 1.29 is 13.5 Å². The van der Waals surface area contributed by atoms with Crippen LogP contribution >= 0.6 is 22.9 Å². The molecule has 4 nitrogen and oxygen atoms in total. The molecule has 1 heterocycles. The lowest BCUT2D eigenvalue weighted by molar-refractivity contribution is 0.275. The van der Waals surface area contributed by atoms with Crippen LogP contribution in [0.3, 0.4) is 0 Å². The summed E-state index contributed by atoms with van der Waals surface area (Å²) in [4.78, 5) is 0. The Morgan fingerprint density at radius 1 is 1.60 bits per heavy atom. The van der Waals surface area contributed by atoms with Crippen LogP contribution in [0.4, 0.5) is 0 Å². The van der Waals surface area contributed by atoms with Gasteiger partial charge in [0.1, 0.15) is 4.21 Å². The summed E-state index contributed by atoms with van der Waals surface area (Å²) in [6.07, 6.45) is 0.387. The highest BCUT2D eigenvalue weighted by molar-refractivity contribution is 7.91. The van der Waals surface area contributed by atoms with Gasteiger partial charge in [-0.3, -0.25) is 0 Å². The predicted molar refractivity (Wildman–Crippen MR) is 60.8 cm³/mol. The summed E-state index contributed by atoms with van der Waals surface area (Å²) in [7, 11) is -3.49. The summed E-state index contributed by atoms with van der Waals surface area (Å²) in [5.74, 6) is 0. The SMILES string of the molecule is CC(CCO)NS(=O)(=O)c1ccc(Cl)s1. The lowest BCUT2D eigenvalue weighted by Gasteiger charge is -2.11. The Morgan fingerprint density at radius 2 is 2.27 bits per heavy atom. The van der Waals surface area contributed by atoms with Gasteiger partial charge in [0.05, 0.1) is 4.34 Å². The van der Waals surface area contributed by atoms with Gasteiger partial charge in [0.15, 0.2) is 0 Å². The smallest absolute Gasteiger partial charge is 0.250 e. The third kappa shape index (κ3) is 3.73. The molecular weight excluding hydrogens is 258 g/mol. The summed E-state index contributed by atoms with van der Waals surface area (Å²) >= 11 is 6.66. The van der Waals surface area contributed by atoms with Crippen LogP contribution in [0.2, 0.25) is 4.34 Å². The van der Waals surface area contributed by atoms with Crippen LogP contribution in [0, 0.1) is 0 Å². The standard InChI is InChI=1S/C8H12ClNO3S2/c1-6(4-5-11)10-15(12,13)8-3-2-7(9)14-8/h2-3,6,10-11H,4-5H2,1H3. The summed E-state index contributed by atoms with van der Waals surface area (Å²) in [6.45, 7) is 1.65. The lowest BCUT2D eigenvalue weighted by Crippen LogP contribution is -2.32. The van der Waals surface area contributed by atoms with E-state index in [1.807, 2.05) is 0 Å². The van der Waals surface area contributed by atoms with E-state index in [-0.39, 0.29) is 16.9 Å². The van der Waals surface area contributed by atoms with Crippen molar-refractivity contribution in [1.82, 2.24) is 4.72 Å². The minimum absolute atomic E-state index is 0.0467. The minimum atomic E-state index is -3.49. The monoisotopic (exact) mass is 269 g/mol. The van der Waals surface area contributed by atoms with Crippen LogP contribution in [0.25, 0.3) is 0 Å². The highest BCUT2D eigenvalue weighted by atomic mass is 35.5. The molecule has 0 aliphatic heterocycles. The molecule has 0 aromatic carbocycles. The maximum Gasteiger partial charge on any atom is 0.250 e. The zero-order valence-electron chi connectivity index (χ0n) is 8.10. The lowest BCUT2D eigenvalue weighted by atomic mass is 10.3. The van der Waals surface area contributed by atoms with E-state index in [4.69, 9.17) is 16.7 Å². The molecule has 1 aromatic rings. The van der Waals surface area contributed by atoms with Gasteiger partial charge >= 0.3 is 0 Å². The molecule has 0 aliphatic rings. The molecule has 0 bridgehead atoms. The zero-order chi connectivity index (χ0) is 11.5. The summed E-state index contributed by atoms with van der Waals surface area (Å²) in [5, 5.41) is 8.65. The Morgan fingerprint density at radius 3 is 2.73 bits per heavy atom. The second kappa shape index (κ2) is 5.27. The van der Waals surface area contributed by atoms with Crippen LogP contribution in [-0.2, 0) is 10.0 Å². The van der Waals surface area contributed by atoms with Gasteiger partial charge in [-0.05, 0) is 25.5 Å². The van der Waals surface area contributed by atoms with Crippen LogP contribution < -0.4 is 4.72 Å². The van der Waals surface area contributed by atoms with E-state index in [0.29, 0.717) is 10.8 Å². The first-order valence-electron chi connectivity index (χ1n) is 4.34. The molecule has 7 heteroatoms. The van der Waals surface area contributed by atoms with E-state index in [1.165, 1.54) is 12.1 Å². The fourth-order valence-corrected chi connectivity index (χ4v) is 3.80. The molecule has 0 saturated carbocycles. The number of halogens is 1. The zero-order valence-corrected chi connectivity index (χ0v) is 10.5. The largest absolute Gasteiger partial charge is 0.396 e. The Bertz CT molecular complexity index is 415. The fraction of sp³-hybridized carbons (Fsp3) is 0.500. The van der Waals surface area contributed by atoms with Crippen molar-refractivity contribution in [2.24, 2.45) is 0 Å². The highest BCUT2D eigenvalue weighted by Crippen LogP contribution is 2.25. The van der Waals surface area contributed by atoms with Gasteiger partial charge in [0.25, 0.3) is 0 Å². The van der Waals surface area contributed by atoms with E-state index in [9.17, 15) is 8.42 Å². The van der Waals surface area contributed by atoms with Crippen molar-refractivity contribution >= 4 is 33.0 Å². The summed E-state index contributed by atoms with van der Waals surface area (Å²) in [6, 6.07) is 2.71. The molecule has 2 N–H and O–H groups in total. The molecule has 0 aliphatic carbocycles. The molecule has 0 fully saturated rings. The Balaban J connectivity index is 2.76. The molecule has 1 aromatic heterocycles. The number of hydrogen-bond donors (Lipinski definition) is 2. The van der Waals surface area contributed by atoms with Crippen LogP contribution in [0.1, 0.15) is 13.3 Å². The van der Waals surface area contributed by atoms with Crippen molar-refractivity contribution in [3.63, 3.8) is 0 Å². The van der Waals surface area contributed by atoms with Crippen molar-refractivity contribution in [2.45, 2.75) is 23.6 Å². The van der Waals surface area contributed by atoms with Crippen molar-refractivity contribution in [1.29, 1.82) is 0 Å². The number of sulfonamides is 1. The third-order valence-corrected chi connectivity index (χ3v) is 5.04. The molecule has 1 atom stereocenters. The number of aliphatic hydroxyl groups is 1. The topological polar surface area (TPSA) is 66.4 Å². The highest BCUT2D eigenvalue weighted by Gasteiger charge is 2.18. The molecule has 0 amide bonds. The first-order chi connectivity index (χ1) is 6.95. The molecule has 15 heavy (non-hydrogen) atoms. The molecule has 1 unspecified atom stereocenters. The molecule has 0 spiro atoms. The normalized spacial score (nSPS) is 14.1. The van der Waals surface area contributed by atoms with Crippen molar-refractivity contribution in [3.8, 4) is 0 Å². The van der Waals surface area contributed by atoms with Gasteiger partial charge in [-0.1, -0.05) is 11.6 Å². The number of hydrogen-bond acceptors (Lipinski definition) is 4. The predicted octanol–water partition coefficient (Wildman–Crippen LogP) is 1.45. The van der Waals surface area contributed by atoms with Gasteiger partial charge in [-0.25, -0.2) is 13.1 Å². The van der Waals surface area contributed by atoms with Gasteiger partial charge < -0.3 is 5.11 Å². The Hall–Kier alpha value is -0.140. The quantitative estimate of drug-likeness (QED) is 0.850. The average Bonchev–Trinajstić information content (AvgIpc) is 2.51. The van der Waals surface area contributed by atoms with Gasteiger partial charge in [-0.2, -0.15) is 0 Å². The van der Waals surface area contributed by atoms with Gasteiger partial charge in [0.2, 0.25) is 10.0 Å². The first kappa shape index (κ1) is 12.9. The van der Waals surface area contributed by atoms with E-state index in [2.05, 4.69) is 4.72 Å². The van der Waals surface area contributed by atoms with Gasteiger partial charge in [-0.15, -0.1) is 11.3 Å². The average molecular weight is 270 g/mol. The second-order valence-electron chi connectivity index (χ2n) is 3.09. The Labute approximate surface area is 97.9 Å². The maximum atomic E-state index is 11.7. The van der Waals surface area contributed by atoms with Crippen LogP contribution in [0.5, 0.6) is 0 Å². The molecule has 1 rings (SSSR count). The number of aliphatic hydroxyl groups excluding tert-OH is 1. The number of thiophene rings is 1. The van der Waals surface area contributed by atoms with E-state index < -0.39 is 10.0 Å². The second-order valence-corrected chi connectivity index (χ2v) is 6.75. The summed E-state index contributed by atoms with van der Waals surface area (Å²) in [5.41, 5.74) is 0. The van der Waals surface area contributed by atoms with Crippen molar-refractivity contribution in [3.05, 3.63) is 16.5 Å². The van der Waals surface area contributed by atoms with E-state index in [1.54, 1.807) is 6.92 Å². The van der Waals surface area contributed by atoms with Crippen molar-refractivity contribution in [2.75, 3.05) is 6.61 Å². The first-order valence-corrected chi connectivity index (χ1v) is 7.02. The Kier molecular flexibility index (Phi) is 4.54. The minimum Gasteiger partial charge on any atom is -0.396 e. The van der Waals surface area contributed by atoms with E-state index >= 15 is 0 Å². The molecule has 86 valence electrons. The van der Waals surface area contributed by atoms with Crippen LogP contribution in [0.15, 0.2) is 16.3 Å². The van der Waals surface area contributed by atoms with Gasteiger partial charge in [0, 0.05) is 12.6 Å². The maximum absolute atomic E-state index is 11.7. The van der Waals surface area contributed by atoms with Crippen LogP contribution in [-0.4, -0.2) is 26.2 Å². The molecular formula is C8H12ClNO3S2. The number of rotatable bonds is 5. The summed E-state index contributed by atoms with van der Waals surface area (Å²) < 4.78 is 26.5. The number of nitrogens with one attached hydrogen (secondary N) is 1.